The number of rotatable bonds is 8. The lowest BCUT2D eigenvalue weighted by molar-refractivity contribution is 0.115. The highest BCUT2D eigenvalue weighted by atomic mass is 16.5. The topological polar surface area (TPSA) is 67.8 Å². The van der Waals surface area contributed by atoms with E-state index in [-0.39, 0.29) is 11.3 Å². The largest absolute Gasteiger partial charge is 0.409 e. The van der Waals surface area contributed by atoms with Crippen LogP contribution in [0.15, 0.2) is 35.5 Å². The van der Waals surface area contributed by atoms with E-state index in [0.29, 0.717) is 6.61 Å². The number of amidine groups is 1. The average Bonchev–Trinajstić information content (AvgIpc) is 2.42. The summed E-state index contributed by atoms with van der Waals surface area (Å²) in [5.41, 5.74) is 6.57. The number of benzene rings is 1. The van der Waals surface area contributed by atoms with Crippen molar-refractivity contribution in [3.05, 3.63) is 35.9 Å². The monoisotopic (exact) mass is 264 g/mol. The fraction of sp³-hybridized carbons (Fsp3) is 0.533. The van der Waals surface area contributed by atoms with Crippen LogP contribution in [0.2, 0.25) is 0 Å². The van der Waals surface area contributed by atoms with Crippen LogP contribution in [-0.4, -0.2) is 17.6 Å². The smallest absolute Gasteiger partial charge is 0.144 e. The van der Waals surface area contributed by atoms with Gasteiger partial charge >= 0.3 is 0 Å². The summed E-state index contributed by atoms with van der Waals surface area (Å²) in [5.74, 6) is 0.290. The summed E-state index contributed by atoms with van der Waals surface area (Å²) in [6.45, 7) is 5.35. The molecule has 0 aliphatic heterocycles. The molecule has 0 saturated heterocycles. The molecule has 1 aromatic carbocycles. The first-order chi connectivity index (χ1) is 9.06. The van der Waals surface area contributed by atoms with E-state index in [1.165, 1.54) is 5.56 Å². The van der Waals surface area contributed by atoms with Gasteiger partial charge < -0.3 is 15.7 Å². The summed E-state index contributed by atoms with van der Waals surface area (Å²) in [7, 11) is 0. The summed E-state index contributed by atoms with van der Waals surface area (Å²) in [6.07, 6.45) is 2.87. The number of hydrogen-bond donors (Lipinski definition) is 2. The van der Waals surface area contributed by atoms with Crippen molar-refractivity contribution in [2.24, 2.45) is 16.3 Å². The lowest BCUT2D eigenvalue weighted by Gasteiger charge is -2.22. The van der Waals surface area contributed by atoms with Crippen LogP contribution in [0, 0.1) is 5.41 Å². The summed E-state index contributed by atoms with van der Waals surface area (Å²) in [5, 5.41) is 11.8. The molecule has 0 bridgehead atoms. The second kappa shape index (κ2) is 7.79. The third-order valence-corrected chi connectivity index (χ3v) is 3.25. The molecule has 1 aromatic rings. The number of nitrogens with zero attached hydrogens (tertiary/aromatic N) is 1. The molecular weight excluding hydrogens is 240 g/mol. The molecule has 3 N–H and O–H groups in total. The molecule has 0 aliphatic rings. The molecule has 0 saturated carbocycles. The molecular formula is C15H24N2O2. The Balaban J connectivity index is 2.12. The summed E-state index contributed by atoms with van der Waals surface area (Å²) in [6, 6.07) is 10.1. The van der Waals surface area contributed by atoms with Crippen LogP contribution in [0.3, 0.4) is 0 Å². The molecule has 0 fully saturated rings. The van der Waals surface area contributed by atoms with Crippen LogP contribution >= 0.6 is 0 Å². The Hall–Kier alpha value is -1.55. The second-order valence-electron chi connectivity index (χ2n) is 5.36. The van der Waals surface area contributed by atoms with E-state index < -0.39 is 0 Å². The van der Waals surface area contributed by atoms with Crippen molar-refractivity contribution in [1.82, 2.24) is 0 Å². The van der Waals surface area contributed by atoms with Gasteiger partial charge in [-0.05, 0) is 18.4 Å². The molecule has 0 spiro atoms. The average molecular weight is 264 g/mol. The molecule has 4 heteroatoms. The molecule has 0 amide bonds. The zero-order valence-electron chi connectivity index (χ0n) is 11.8. The van der Waals surface area contributed by atoms with E-state index in [9.17, 15) is 0 Å². The van der Waals surface area contributed by atoms with Gasteiger partial charge in [0.25, 0.3) is 0 Å². The zero-order chi connectivity index (χ0) is 14.1. The predicted octanol–water partition coefficient (Wildman–Crippen LogP) is 3.15. The van der Waals surface area contributed by atoms with E-state index >= 15 is 0 Å². The van der Waals surface area contributed by atoms with Gasteiger partial charge in [0.05, 0.1) is 6.61 Å². The maximum atomic E-state index is 8.68. The van der Waals surface area contributed by atoms with Crippen LogP contribution in [0.5, 0.6) is 0 Å². The van der Waals surface area contributed by atoms with Gasteiger partial charge in [0, 0.05) is 12.0 Å². The molecule has 0 heterocycles. The molecule has 0 unspecified atom stereocenters. The van der Waals surface area contributed by atoms with Crippen molar-refractivity contribution in [3.8, 4) is 0 Å². The van der Waals surface area contributed by atoms with Gasteiger partial charge in [-0.1, -0.05) is 55.8 Å². The Morgan fingerprint density at radius 3 is 2.58 bits per heavy atom. The molecule has 106 valence electrons. The van der Waals surface area contributed by atoms with Gasteiger partial charge in [0.15, 0.2) is 0 Å². The number of nitrogens with two attached hydrogens (primary N) is 1. The van der Waals surface area contributed by atoms with E-state index in [1.54, 1.807) is 0 Å². The Labute approximate surface area is 115 Å². The maximum absolute atomic E-state index is 8.68. The highest BCUT2D eigenvalue weighted by Gasteiger charge is 2.22. The van der Waals surface area contributed by atoms with E-state index in [2.05, 4.69) is 17.3 Å². The Kier molecular flexibility index (Phi) is 6.36. The minimum Gasteiger partial charge on any atom is -0.409 e. The SMILES string of the molecule is CC(C)(CCCCOCc1ccccc1)/C(N)=N/O. The Morgan fingerprint density at radius 2 is 1.95 bits per heavy atom. The molecule has 0 aliphatic carbocycles. The minimum atomic E-state index is -0.256. The van der Waals surface area contributed by atoms with Crippen molar-refractivity contribution in [2.45, 2.75) is 39.7 Å². The van der Waals surface area contributed by atoms with Crippen molar-refractivity contribution >= 4 is 5.84 Å². The van der Waals surface area contributed by atoms with Gasteiger partial charge in [0.1, 0.15) is 5.84 Å². The van der Waals surface area contributed by atoms with Gasteiger partial charge in [-0.15, -0.1) is 0 Å². The normalized spacial score (nSPS) is 12.6. The fourth-order valence-corrected chi connectivity index (χ4v) is 1.80. The Morgan fingerprint density at radius 1 is 1.26 bits per heavy atom. The highest BCUT2D eigenvalue weighted by Crippen LogP contribution is 2.23. The van der Waals surface area contributed by atoms with Gasteiger partial charge in [-0.2, -0.15) is 0 Å². The molecule has 0 atom stereocenters. The molecule has 0 radical (unpaired) electrons. The molecule has 0 aromatic heterocycles. The summed E-state index contributed by atoms with van der Waals surface area (Å²) in [4.78, 5) is 0. The third-order valence-electron chi connectivity index (χ3n) is 3.25. The first-order valence-corrected chi connectivity index (χ1v) is 6.66. The van der Waals surface area contributed by atoms with Crippen LogP contribution in [0.1, 0.15) is 38.7 Å². The van der Waals surface area contributed by atoms with Gasteiger partial charge in [0.2, 0.25) is 0 Å². The summed E-state index contributed by atoms with van der Waals surface area (Å²) < 4.78 is 5.61. The maximum Gasteiger partial charge on any atom is 0.144 e. The van der Waals surface area contributed by atoms with Crippen LogP contribution in [0.25, 0.3) is 0 Å². The molecule has 4 nitrogen and oxygen atoms in total. The predicted molar refractivity (Wildman–Crippen MR) is 77.1 cm³/mol. The number of ether oxygens (including phenoxy) is 1. The molecule has 19 heavy (non-hydrogen) atoms. The van der Waals surface area contributed by atoms with Crippen molar-refractivity contribution in [1.29, 1.82) is 0 Å². The first kappa shape index (κ1) is 15.5. The number of hydrogen-bond acceptors (Lipinski definition) is 3. The lowest BCUT2D eigenvalue weighted by Crippen LogP contribution is -2.31. The third kappa shape index (κ3) is 5.75. The van der Waals surface area contributed by atoms with Gasteiger partial charge in [-0.25, -0.2) is 0 Å². The van der Waals surface area contributed by atoms with Crippen molar-refractivity contribution in [3.63, 3.8) is 0 Å². The van der Waals surface area contributed by atoms with Crippen LogP contribution < -0.4 is 5.73 Å². The van der Waals surface area contributed by atoms with E-state index in [1.807, 2.05) is 32.0 Å². The highest BCUT2D eigenvalue weighted by molar-refractivity contribution is 5.85. The second-order valence-corrected chi connectivity index (χ2v) is 5.36. The van der Waals surface area contributed by atoms with E-state index in [0.717, 1.165) is 25.9 Å². The number of unbranched alkanes of at least 4 members (excludes halogenated alkanes) is 1. The molecule has 1 rings (SSSR count). The van der Waals surface area contributed by atoms with E-state index in [4.69, 9.17) is 15.7 Å². The lowest BCUT2D eigenvalue weighted by atomic mass is 9.86. The zero-order valence-corrected chi connectivity index (χ0v) is 11.8. The van der Waals surface area contributed by atoms with Crippen LogP contribution in [-0.2, 0) is 11.3 Å². The Bertz CT molecular complexity index is 388. The fourth-order valence-electron chi connectivity index (χ4n) is 1.80. The summed E-state index contributed by atoms with van der Waals surface area (Å²) >= 11 is 0. The quantitative estimate of drug-likeness (QED) is 0.249. The van der Waals surface area contributed by atoms with Crippen molar-refractivity contribution in [2.75, 3.05) is 6.61 Å². The minimum absolute atomic E-state index is 0.256. The van der Waals surface area contributed by atoms with Gasteiger partial charge in [-0.3, -0.25) is 0 Å². The van der Waals surface area contributed by atoms with Crippen molar-refractivity contribution < 1.29 is 9.94 Å². The van der Waals surface area contributed by atoms with Crippen LogP contribution in [0.4, 0.5) is 0 Å². The standard InChI is InChI=1S/C15H24N2O2/c1-15(2,14(16)17-18)10-6-7-11-19-12-13-8-4-3-5-9-13/h3-5,8-9,18H,6-7,10-12H2,1-2H3,(H2,16,17). The number of oxime groups is 1. The first-order valence-electron chi connectivity index (χ1n) is 6.66.